The smallest absolute Gasteiger partial charge is 0.294 e. The molecule has 0 aromatic heterocycles. The van der Waals surface area contributed by atoms with Crippen molar-refractivity contribution in [3.05, 3.63) is 30.3 Å². The molecule has 2 rings (SSSR count). The van der Waals surface area contributed by atoms with Gasteiger partial charge in [0, 0.05) is 30.2 Å². The van der Waals surface area contributed by atoms with Crippen LogP contribution in [0.2, 0.25) is 0 Å². The molecule has 7 heteroatoms. The van der Waals surface area contributed by atoms with Crippen molar-refractivity contribution in [3.8, 4) is 5.75 Å². The summed E-state index contributed by atoms with van der Waals surface area (Å²) >= 11 is 0. The van der Waals surface area contributed by atoms with E-state index in [9.17, 15) is 13.5 Å². The Bertz CT molecular complexity index is 713. The van der Waals surface area contributed by atoms with Gasteiger partial charge in [-0.1, -0.05) is 6.07 Å². The van der Waals surface area contributed by atoms with Crippen molar-refractivity contribution in [2.75, 3.05) is 18.4 Å². The summed E-state index contributed by atoms with van der Waals surface area (Å²) in [5.41, 5.74) is 6.15. The van der Waals surface area contributed by atoms with Gasteiger partial charge < -0.3 is 16.2 Å². The molecule has 6 nitrogen and oxygen atoms in total. The minimum Gasteiger partial charge on any atom is -0.507 e. The highest BCUT2D eigenvalue weighted by molar-refractivity contribution is 7.85. The fourth-order valence-electron chi connectivity index (χ4n) is 1.79. The number of rotatable bonds is 4. The third-order valence-electron chi connectivity index (χ3n) is 2.68. The lowest BCUT2D eigenvalue weighted by atomic mass is 10.1. The average Bonchev–Trinajstić information content (AvgIpc) is 2.35. The topological polar surface area (TPSA) is 113 Å². The number of nitrogens with two attached hydrogens (primary N) is 1. The number of benzene rings is 2. The van der Waals surface area contributed by atoms with Gasteiger partial charge in [0.2, 0.25) is 0 Å². The summed E-state index contributed by atoms with van der Waals surface area (Å²) in [6.07, 6.45) is 0. The molecule has 2 aromatic rings. The maximum Gasteiger partial charge on any atom is 0.294 e. The van der Waals surface area contributed by atoms with Crippen molar-refractivity contribution < 1.29 is 18.1 Å². The highest BCUT2D eigenvalue weighted by Gasteiger charge is 2.13. The fraction of sp³-hybridized carbons (Fsp3) is 0.167. The fourth-order valence-corrected chi connectivity index (χ4v) is 2.32. The summed E-state index contributed by atoms with van der Waals surface area (Å²) in [6.45, 7) is 1.07. The van der Waals surface area contributed by atoms with Gasteiger partial charge in [-0.3, -0.25) is 4.55 Å². The molecule has 0 saturated carbocycles. The highest BCUT2D eigenvalue weighted by atomic mass is 32.2. The Morgan fingerprint density at radius 3 is 2.58 bits per heavy atom. The van der Waals surface area contributed by atoms with Crippen LogP contribution in [0.3, 0.4) is 0 Å². The summed E-state index contributed by atoms with van der Waals surface area (Å²) in [7, 11) is -4.33. The normalized spacial score (nSPS) is 11.7. The lowest BCUT2D eigenvalue weighted by molar-refractivity contribution is 0.471. The Labute approximate surface area is 110 Å². The molecule has 0 saturated heterocycles. The van der Waals surface area contributed by atoms with Crippen molar-refractivity contribution in [1.82, 2.24) is 0 Å². The van der Waals surface area contributed by atoms with Crippen molar-refractivity contribution in [1.29, 1.82) is 0 Å². The molecule has 0 spiro atoms. The van der Waals surface area contributed by atoms with E-state index in [2.05, 4.69) is 5.32 Å². The van der Waals surface area contributed by atoms with Gasteiger partial charge in [0.15, 0.2) is 0 Å². The van der Waals surface area contributed by atoms with Gasteiger partial charge in [-0.05, 0) is 23.6 Å². The molecule has 0 heterocycles. The standard InChI is InChI=1S/C12H14N2O4S/c13-3-4-14-9-2-1-8-5-10(19(16,17)18)7-12(15)11(8)6-9/h1-2,5-7,14-15H,3-4,13H2,(H,16,17,18). The molecule has 0 aliphatic carbocycles. The van der Waals surface area contributed by atoms with Gasteiger partial charge in [-0.15, -0.1) is 0 Å². The van der Waals surface area contributed by atoms with E-state index in [1.807, 2.05) is 0 Å². The second-order valence-electron chi connectivity index (χ2n) is 4.07. The first-order chi connectivity index (χ1) is 8.91. The molecule has 102 valence electrons. The molecular weight excluding hydrogens is 268 g/mol. The maximum absolute atomic E-state index is 11.1. The van der Waals surface area contributed by atoms with E-state index in [0.29, 0.717) is 23.9 Å². The molecule has 0 aliphatic heterocycles. The Morgan fingerprint density at radius 2 is 1.95 bits per heavy atom. The van der Waals surface area contributed by atoms with E-state index in [1.165, 1.54) is 6.07 Å². The number of phenols is 1. The van der Waals surface area contributed by atoms with Gasteiger partial charge in [0.05, 0.1) is 4.90 Å². The molecular formula is C12H14N2O4S. The van der Waals surface area contributed by atoms with Gasteiger partial charge in [-0.25, -0.2) is 0 Å². The van der Waals surface area contributed by atoms with Crippen LogP contribution in [0.1, 0.15) is 0 Å². The van der Waals surface area contributed by atoms with Crippen LogP contribution in [0.25, 0.3) is 10.8 Å². The van der Waals surface area contributed by atoms with E-state index in [0.717, 1.165) is 11.8 Å². The van der Waals surface area contributed by atoms with Crippen molar-refractivity contribution in [2.45, 2.75) is 4.90 Å². The summed E-state index contributed by atoms with van der Waals surface area (Å²) < 4.78 is 31.1. The third kappa shape index (κ3) is 2.95. The molecule has 0 radical (unpaired) electrons. The van der Waals surface area contributed by atoms with Crippen molar-refractivity contribution in [2.24, 2.45) is 5.73 Å². The zero-order chi connectivity index (χ0) is 14.0. The Kier molecular flexibility index (Phi) is 3.61. The van der Waals surface area contributed by atoms with Crippen LogP contribution in [0.4, 0.5) is 5.69 Å². The molecule has 0 unspecified atom stereocenters. The first kappa shape index (κ1) is 13.6. The van der Waals surface area contributed by atoms with E-state index in [4.69, 9.17) is 10.3 Å². The predicted octanol–water partition coefficient (Wildman–Crippen LogP) is 1.16. The Morgan fingerprint density at radius 1 is 1.21 bits per heavy atom. The number of phenolic OH excluding ortho intramolecular Hbond substituents is 1. The molecule has 0 fully saturated rings. The molecule has 5 N–H and O–H groups in total. The lowest BCUT2D eigenvalue weighted by Crippen LogP contribution is -2.12. The zero-order valence-electron chi connectivity index (χ0n) is 10.00. The number of aromatic hydroxyl groups is 1. The SMILES string of the molecule is NCCNc1ccc2cc(S(=O)(=O)O)cc(O)c2c1. The minimum absolute atomic E-state index is 0.207. The van der Waals surface area contributed by atoms with Crippen LogP contribution in [-0.4, -0.2) is 31.2 Å². The number of fused-ring (bicyclic) bond motifs is 1. The molecule has 2 aromatic carbocycles. The first-order valence-electron chi connectivity index (χ1n) is 5.60. The van der Waals surface area contributed by atoms with Crippen LogP contribution in [0, 0.1) is 0 Å². The van der Waals surface area contributed by atoms with Gasteiger partial charge in [0.25, 0.3) is 10.1 Å². The van der Waals surface area contributed by atoms with Crippen LogP contribution in [0.15, 0.2) is 35.2 Å². The van der Waals surface area contributed by atoms with Gasteiger partial charge in [0.1, 0.15) is 5.75 Å². The number of nitrogens with one attached hydrogen (secondary N) is 1. The first-order valence-corrected chi connectivity index (χ1v) is 7.04. The summed E-state index contributed by atoms with van der Waals surface area (Å²) in [6, 6.07) is 7.41. The van der Waals surface area contributed by atoms with E-state index in [1.54, 1.807) is 18.2 Å². The van der Waals surface area contributed by atoms with Gasteiger partial charge >= 0.3 is 0 Å². The van der Waals surface area contributed by atoms with Crippen LogP contribution < -0.4 is 11.1 Å². The van der Waals surface area contributed by atoms with Crippen LogP contribution in [0.5, 0.6) is 5.75 Å². The monoisotopic (exact) mass is 282 g/mol. The van der Waals surface area contributed by atoms with E-state index >= 15 is 0 Å². The molecule has 0 aliphatic rings. The quantitative estimate of drug-likeness (QED) is 0.626. The van der Waals surface area contributed by atoms with Crippen molar-refractivity contribution >= 4 is 26.6 Å². The zero-order valence-corrected chi connectivity index (χ0v) is 10.8. The maximum atomic E-state index is 11.1. The Hall–Kier alpha value is -1.83. The largest absolute Gasteiger partial charge is 0.507 e. The third-order valence-corrected chi connectivity index (χ3v) is 3.51. The second kappa shape index (κ2) is 5.04. The lowest BCUT2D eigenvalue weighted by Gasteiger charge is -2.08. The average molecular weight is 282 g/mol. The number of hydrogen-bond acceptors (Lipinski definition) is 5. The number of hydrogen-bond donors (Lipinski definition) is 4. The summed E-state index contributed by atoms with van der Waals surface area (Å²) in [5.74, 6) is -0.207. The summed E-state index contributed by atoms with van der Waals surface area (Å²) in [4.78, 5) is -0.333. The molecule has 0 atom stereocenters. The summed E-state index contributed by atoms with van der Waals surface area (Å²) in [5, 5.41) is 13.9. The Balaban J connectivity index is 2.54. The number of anilines is 1. The van der Waals surface area contributed by atoms with Gasteiger partial charge in [-0.2, -0.15) is 8.42 Å². The van der Waals surface area contributed by atoms with Crippen molar-refractivity contribution in [3.63, 3.8) is 0 Å². The molecule has 19 heavy (non-hydrogen) atoms. The minimum atomic E-state index is -4.33. The second-order valence-corrected chi connectivity index (χ2v) is 5.49. The molecule has 0 bridgehead atoms. The molecule has 0 amide bonds. The van der Waals surface area contributed by atoms with E-state index in [-0.39, 0.29) is 10.6 Å². The highest BCUT2D eigenvalue weighted by Crippen LogP contribution is 2.30. The van der Waals surface area contributed by atoms with Crippen LogP contribution in [-0.2, 0) is 10.1 Å². The van der Waals surface area contributed by atoms with Crippen LogP contribution >= 0.6 is 0 Å². The predicted molar refractivity (Wildman–Crippen MR) is 73.0 cm³/mol. The van der Waals surface area contributed by atoms with E-state index < -0.39 is 10.1 Å².